The normalized spacial score (nSPS) is 12.0. The third-order valence-electron chi connectivity index (χ3n) is 8.74. The number of unbranched alkanes of at least 4 members (excludes halogenated alkanes) is 21. The van der Waals surface area contributed by atoms with E-state index in [1.165, 1.54) is 109 Å². The van der Waals surface area contributed by atoms with Gasteiger partial charge < -0.3 is 9.47 Å². The van der Waals surface area contributed by atoms with Gasteiger partial charge in [-0.25, -0.2) is 4.79 Å². The van der Waals surface area contributed by atoms with E-state index in [0.717, 1.165) is 57.8 Å². The number of hydrogen-bond acceptors (Lipinski definition) is 4. The predicted octanol–water partition coefficient (Wildman–Crippen LogP) is 12.9. The maximum Gasteiger partial charge on any atom is 0.338 e. The lowest BCUT2D eigenvalue weighted by Crippen LogP contribution is -2.18. The van der Waals surface area contributed by atoms with Crippen molar-refractivity contribution in [3.8, 4) is 0 Å². The summed E-state index contributed by atoms with van der Waals surface area (Å²) in [5.74, 6) is -0.243. The molecule has 0 bridgehead atoms. The summed E-state index contributed by atoms with van der Waals surface area (Å²) in [6, 6.07) is 9.30. The predicted molar refractivity (Wildman–Crippen MR) is 192 cm³/mol. The Kier molecular flexibility index (Phi) is 29.0. The smallest absolute Gasteiger partial charge is 0.338 e. The van der Waals surface area contributed by atoms with Gasteiger partial charge in [-0.2, -0.15) is 0 Å². The van der Waals surface area contributed by atoms with Crippen molar-refractivity contribution in [2.24, 2.45) is 0 Å². The Hall–Kier alpha value is -2.10. The molecule has 0 aliphatic heterocycles. The molecule has 0 saturated heterocycles. The van der Waals surface area contributed by atoms with Crippen molar-refractivity contribution in [2.45, 2.75) is 193 Å². The second kappa shape index (κ2) is 31.9. The van der Waals surface area contributed by atoms with E-state index in [1.54, 1.807) is 0 Å². The van der Waals surface area contributed by atoms with Crippen LogP contribution in [0, 0.1) is 0 Å². The molecule has 4 heteroatoms. The van der Waals surface area contributed by atoms with Gasteiger partial charge >= 0.3 is 11.9 Å². The van der Waals surface area contributed by atoms with Crippen LogP contribution >= 0.6 is 0 Å². The zero-order valence-electron chi connectivity index (χ0n) is 29.6. The van der Waals surface area contributed by atoms with Gasteiger partial charge in [0.25, 0.3) is 0 Å². The van der Waals surface area contributed by atoms with Gasteiger partial charge in [0.2, 0.25) is 0 Å². The van der Waals surface area contributed by atoms with Crippen molar-refractivity contribution in [1.29, 1.82) is 0 Å². The van der Waals surface area contributed by atoms with E-state index in [-0.39, 0.29) is 18.0 Å². The molecule has 1 rings (SSSR count). The first kappa shape index (κ1) is 40.9. The molecule has 0 N–H and O–H groups in total. The summed E-state index contributed by atoms with van der Waals surface area (Å²) in [6.45, 7) is 5.09. The van der Waals surface area contributed by atoms with E-state index in [4.69, 9.17) is 9.47 Å². The van der Waals surface area contributed by atoms with Gasteiger partial charge in [-0.05, 0) is 50.7 Å². The van der Waals surface area contributed by atoms with Crippen molar-refractivity contribution < 1.29 is 19.1 Å². The molecule has 258 valence electrons. The molecule has 4 nitrogen and oxygen atoms in total. The lowest BCUT2D eigenvalue weighted by Gasteiger charge is -2.16. The monoisotopic (exact) mass is 627 g/mol. The second-order valence-corrected chi connectivity index (χ2v) is 13.1. The van der Waals surface area contributed by atoms with Crippen LogP contribution in [0.5, 0.6) is 0 Å². The van der Waals surface area contributed by atoms with E-state index in [0.29, 0.717) is 18.6 Å². The molecule has 0 amide bonds. The fraction of sp³-hybridized carbons (Fsp3) is 0.756. The average Bonchev–Trinajstić information content (AvgIpc) is 3.05. The molecule has 0 aliphatic carbocycles. The van der Waals surface area contributed by atoms with Crippen LogP contribution in [0.25, 0.3) is 0 Å². The largest absolute Gasteiger partial charge is 0.466 e. The van der Waals surface area contributed by atoms with E-state index >= 15 is 0 Å². The highest BCUT2D eigenvalue weighted by atomic mass is 16.5. The lowest BCUT2D eigenvalue weighted by atomic mass is 10.0. The van der Waals surface area contributed by atoms with Crippen LogP contribution in [0.15, 0.2) is 42.5 Å². The zero-order valence-corrected chi connectivity index (χ0v) is 29.6. The second-order valence-electron chi connectivity index (χ2n) is 13.1. The zero-order chi connectivity index (χ0) is 32.5. The van der Waals surface area contributed by atoms with Crippen LogP contribution in [0.2, 0.25) is 0 Å². The molecule has 1 aromatic carbocycles. The van der Waals surface area contributed by atoms with Crippen LogP contribution in [-0.2, 0) is 14.3 Å². The summed E-state index contributed by atoms with van der Waals surface area (Å²) >= 11 is 0. The first-order valence-corrected chi connectivity index (χ1v) is 19.2. The first-order valence-electron chi connectivity index (χ1n) is 19.2. The highest BCUT2D eigenvalue weighted by Crippen LogP contribution is 2.16. The Balaban J connectivity index is 1.95. The van der Waals surface area contributed by atoms with Gasteiger partial charge in [0.15, 0.2) is 0 Å². The van der Waals surface area contributed by atoms with Crippen molar-refractivity contribution >= 4 is 11.9 Å². The molecule has 1 atom stereocenters. The molecule has 0 aliphatic rings. The van der Waals surface area contributed by atoms with Gasteiger partial charge in [0.1, 0.15) is 6.10 Å². The molecular formula is C41H70O4. The summed E-state index contributed by atoms with van der Waals surface area (Å²) in [7, 11) is 0. The van der Waals surface area contributed by atoms with Crippen molar-refractivity contribution in [3.63, 3.8) is 0 Å². The van der Waals surface area contributed by atoms with E-state index < -0.39 is 0 Å². The maximum absolute atomic E-state index is 12.5. The quantitative estimate of drug-likeness (QED) is 0.0453. The number of rotatable bonds is 32. The minimum atomic E-state index is -0.219. The van der Waals surface area contributed by atoms with Gasteiger partial charge in [-0.15, -0.1) is 0 Å². The number of esters is 2. The van der Waals surface area contributed by atoms with Gasteiger partial charge in [0, 0.05) is 12.8 Å². The number of ether oxygens (including phenoxy) is 2. The molecule has 0 aromatic heterocycles. The van der Waals surface area contributed by atoms with Gasteiger partial charge in [0.05, 0.1) is 12.2 Å². The molecule has 0 spiro atoms. The van der Waals surface area contributed by atoms with Crippen LogP contribution in [-0.4, -0.2) is 24.6 Å². The SMILES string of the molecule is CCCCCCCCCCCCCCCCOC(=O)CCCCCCCC=CC[C@@H](CCCCCC)OC(=O)c1ccccc1. The third-order valence-corrected chi connectivity index (χ3v) is 8.74. The van der Waals surface area contributed by atoms with Crippen LogP contribution < -0.4 is 0 Å². The third kappa shape index (κ3) is 26.8. The first-order chi connectivity index (χ1) is 22.2. The van der Waals surface area contributed by atoms with Crippen LogP contribution in [0.3, 0.4) is 0 Å². The molecule has 0 fully saturated rings. The van der Waals surface area contributed by atoms with E-state index in [9.17, 15) is 9.59 Å². The minimum absolute atomic E-state index is 0.0233. The van der Waals surface area contributed by atoms with Crippen molar-refractivity contribution in [2.75, 3.05) is 6.61 Å². The molecule has 45 heavy (non-hydrogen) atoms. The van der Waals surface area contributed by atoms with Gasteiger partial charge in [-0.3, -0.25) is 4.79 Å². The number of benzene rings is 1. The van der Waals surface area contributed by atoms with Crippen LogP contribution in [0.4, 0.5) is 0 Å². The Morgan fingerprint density at radius 1 is 0.600 bits per heavy atom. The average molecular weight is 627 g/mol. The van der Waals surface area contributed by atoms with Gasteiger partial charge in [-0.1, -0.05) is 166 Å². The molecule has 0 unspecified atom stereocenters. The molecular weight excluding hydrogens is 556 g/mol. The number of carbonyl (C=O) groups excluding carboxylic acids is 2. The fourth-order valence-electron chi connectivity index (χ4n) is 5.80. The Morgan fingerprint density at radius 2 is 1.11 bits per heavy atom. The summed E-state index contributed by atoms with van der Waals surface area (Å²) in [5.41, 5.74) is 0.623. The molecule has 0 saturated carbocycles. The summed E-state index contributed by atoms with van der Waals surface area (Å²) in [4.78, 5) is 24.6. The maximum atomic E-state index is 12.5. The molecule has 0 radical (unpaired) electrons. The Morgan fingerprint density at radius 3 is 1.71 bits per heavy atom. The van der Waals surface area contributed by atoms with E-state index in [1.807, 2.05) is 30.3 Å². The van der Waals surface area contributed by atoms with Crippen molar-refractivity contribution in [3.05, 3.63) is 48.0 Å². The number of allylic oxidation sites excluding steroid dienone is 1. The topological polar surface area (TPSA) is 52.6 Å². The highest BCUT2D eigenvalue weighted by molar-refractivity contribution is 5.89. The van der Waals surface area contributed by atoms with Crippen molar-refractivity contribution in [1.82, 2.24) is 0 Å². The molecule has 1 aromatic rings. The highest BCUT2D eigenvalue weighted by Gasteiger charge is 2.14. The number of hydrogen-bond donors (Lipinski definition) is 0. The minimum Gasteiger partial charge on any atom is -0.466 e. The summed E-state index contributed by atoms with van der Waals surface area (Å²) in [5, 5.41) is 0. The fourth-order valence-corrected chi connectivity index (χ4v) is 5.80. The lowest BCUT2D eigenvalue weighted by molar-refractivity contribution is -0.143. The summed E-state index contributed by atoms with van der Waals surface area (Å²) < 4.78 is 11.3. The summed E-state index contributed by atoms with van der Waals surface area (Å²) in [6.07, 6.45) is 36.7. The standard InChI is InChI=1S/C41H70O4/c1-3-5-7-9-10-11-12-13-14-15-18-21-24-31-37-44-40(42)36-30-23-20-17-16-19-22-29-35-39(34-28-8-6-4-2)45-41(43)38-32-26-25-27-33-38/h22,25-27,29,32-33,39H,3-21,23-24,28,30-31,34-37H2,1-2H3/t39-/m1/s1. The Bertz CT molecular complexity index is 818. The van der Waals surface area contributed by atoms with Crippen LogP contribution in [0.1, 0.15) is 198 Å². The van der Waals surface area contributed by atoms with E-state index in [2.05, 4.69) is 26.0 Å². The Labute approximate surface area is 278 Å². The molecule has 0 heterocycles. The number of carbonyl (C=O) groups is 2.